The van der Waals surface area contributed by atoms with E-state index in [0.717, 1.165) is 25.9 Å². The lowest BCUT2D eigenvalue weighted by atomic mass is 9.78. The molecule has 100 valence electrons. The number of hydrogen-bond acceptors (Lipinski definition) is 3. The molecule has 1 aliphatic rings. The fourth-order valence-electron chi connectivity index (χ4n) is 2.96. The van der Waals surface area contributed by atoms with Crippen molar-refractivity contribution in [1.29, 1.82) is 10.5 Å². The Labute approximate surface area is 111 Å². The molecular formula is C15H25N3. The molecular weight excluding hydrogens is 222 g/mol. The second-order valence-corrected chi connectivity index (χ2v) is 6.02. The Hall–Kier alpha value is -1.06. The molecule has 0 amide bonds. The predicted molar refractivity (Wildman–Crippen MR) is 72.5 cm³/mol. The summed E-state index contributed by atoms with van der Waals surface area (Å²) >= 11 is 0. The zero-order valence-corrected chi connectivity index (χ0v) is 11.9. The van der Waals surface area contributed by atoms with Crippen LogP contribution in [0.1, 0.15) is 46.5 Å². The standard InChI is InChI=1S/C15H25N3/c1-12(2)11-18(8-4-7-16)15-9-13(3)5-6-14(15)10-17/h12-15H,4-6,8-9,11H2,1-3H3. The zero-order valence-electron chi connectivity index (χ0n) is 11.9. The summed E-state index contributed by atoms with van der Waals surface area (Å²) in [5, 5.41) is 18.1. The van der Waals surface area contributed by atoms with Crippen LogP contribution < -0.4 is 0 Å². The van der Waals surface area contributed by atoms with Crippen molar-refractivity contribution in [2.75, 3.05) is 13.1 Å². The molecule has 3 nitrogen and oxygen atoms in total. The highest BCUT2D eigenvalue weighted by molar-refractivity contribution is 4.97. The molecule has 0 aromatic carbocycles. The Balaban J connectivity index is 2.73. The van der Waals surface area contributed by atoms with Crippen LogP contribution in [0.5, 0.6) is 0 Å². The molecule has 1 rings (SSSR count). The van der Waals surface area contributed by atoms with Crippen molar-refractivity contribution < 1.29 is 0 Å². The van der Waals surface area contributed by atoms with E-state index in [4.69, 9.17) is 5.26 Å². The van der Waals surface area contributed by atoms with Gasteiger partial charge in [0.15, 0.2) is 0 Å². The lowest BCUT2D eigenvalue weighted by Gasteiger charge is -2.40. The van der Waals surface area contributed by atoms with Crippen LogP contribution in [-0.2, 0) is 0 Å². The normalized spacial score (nSPS) is 28.1. The minimum absolute atomic E-state index is 0.152. The van der Waals surface area contributed by atoms with Crippen LogP contribution in [0.25, 0.3) is 0 Å². The molecule has 0 bridgehead atoms. The van der Waals surface area contributed by atoms with E-state index in [2.05, 4.69) is 37.8 Å². The van der Waals surface area contributed by atoms with Gasteiger partial charge < -0.3 is 0 Å². The van der Waals surface area contributed by atoms with Gasteiger partial charge in [0, 0.05) is 25.6 Å². The van der Waals surface area contributed by atoms with Gasteiger partial charge in [-0.05, 0) is 31.1 Å². The van der Waals surface area contributed by atoms with Crippen molar-refractivity contribution in [2.45, 2.75) is 52.5 Å². The molecule has 3 heteroatoms. The molecule has 0 aromatic rings. The highest BCUT2D eigenvalue weighted by atomic mass is 15.2. The third-order valence-corrected chi connectivity index (χ3v) is 3.82. The Bertz CT molecular complexity index is 324. The van der Waals surface area contributed by atoms with E-state index in [-0.39, 0.29) is 5.92 Å². The summed E-state index contributed by atoms with van der Waals surface area (Å²) in [7, 11) is 0. The minimum Gasteiger partial charge on any atom is -0.298 e. The summed E-state index contributed by atoms with van der Waals surface area (Å²) in [6.07, 6.45) is 3.86. The van der Waals surface area contributed by atoms with Gasteiger partial charge in [0.1, 0.15) is 0 Å². The van der Waals surface area contributed by atoms with E-state index in [1.54, 1.807) is 0 Å². The maximum atomic E-state index is 9.31. The summed E-state index contributed by atoms with van der Waals surface area (Å²) in [6, 6.07) is 5.07. The first-order chi connectivity index (χ1) is 8.58. The van der Waals surface area contributed by atoms with Gasteiger partial charge in [-0.1, -0.05) is 20.8 Å². The first kappa shape index (κ1) is 15.0. The van der Waals surface area contributed by atoms with Crippen molar-refractivity contribution in [3.8, 4) is 12.1 Å². The largest absolute Gasteiger partial charge is 0.298 e. The van der Waals surface area contributed by atoms with Crippen LogP contribution in [0.2, 0.25) is 0 Å². The predicted octanol–water partition coefficient (Wildman–Crippen LogP) is 3.19. The molecule has 1 aliphatic carbocycles. The van der Waals surface area contributed by atoms with Gasteiger partial charge in [0.25, 0.3) is 0 Å². The van der Waals surface area contributed by atoms with Gasteiger partial charge in [-0.25, -0.2) is 0 Å². The Morgan fingerprint density at radius 3 is 2.56 bits per heavy atom. The van der Waals surface area contributed by atoms with Gasteiger partial charge in [0.05, 0.1) is 18.1 Å². The SMILES string of the molecule is CC(C)CN(CCC#N)C1CC(C)CCC1C#N. The van der Waals surface area contributed by atoms with Crippen molar-refractivity contribution >= 4 is 0 Å². The average Bonchev–Trinajstić information content (AvgIpc) is 2.34. The van der Waals surface area contributed by atoms with E-state index >= 15 is 0 Å². The number of nitrogens with zero attached hydrogens (tertiary/aromatic N) is 3. The van der Waals surface area contributed by atoms with Gasteiger partial charge in [-0.2, -0.15) is 10.5 Å². The second kappa shape index (κ2) is 7.39. The number of nitriles is 2. The van der Waals surface area contributed by atoms with Crippen molar-refractivity contribution in [1.82, 2.24) is 4.90 Å². The molecule has 0 aliphatic heterocycles. The summed E-state index contributed by atoms with van der Waals surface area (Å²) in [6.45, 7) is 8.49. The minimum atomic E-state index is 0.152. The van der Waals surface area contributed by atoms with E-state index in [0.29, 0.717) is 24.3 Å². The molecule has 0 heterocycles. The van der Waals surface area contributed by atoms with E-state index < -0.39 is 0 Å². The highest BCUT2D eigenvalue weighted by Crippen LogP contribution is 2.32. The fraction of sp³-hybridized carbons (Fsp3) is 0.867. The second-order valence-electron chi connectivity index (χ2n) is 6.02. The quantitative estimate of drug-likeness (QED) is 0.749. The molecule has 18 heavy (non-hydrogen) atoms. The maximum absolute atomic E-state index is 9.31. The lowest BCUT2D eigenvalue weighted by Crippen LogP contribution is -2.45. The van der Waals surface area contributed by atoms with Gasteiger partial charge >= 0.3 is 0 Å². The van der Waals surface area contributed by atoms with Crippen LogP contribution in [0.4, 0.5) is 0 Å². The van der Waals surface area contributed by atoms with Crippen molar-refractivity contribution in [3.05, 3.63) is 0 Å². The highest BCUT2D eigenvalue weighted by Gasteiger charge is 2.32. The molecule has 3 unspecified atom stereocenters. The van der Waals surface area contributed by atoms with Crippen LogP contribution in [-0.4, -0.2) is 24.0 Å². The molecule has 0 aromatic heterocycles. The zero-order chi connectivity index (χ0) is 13.5. The van der Waals surface area contributed by atoms with E-state index in [9.17, 15) is 5.26 Å². The molecule has 0 saturated heterocycles. The summed E-state index contributed by atoms with van der Waals surface area (Å²) < 4.78 is 0. The third kappa shape index (κ3) is 4.31. The number of hydrogen-bond donors (Lipinski definition) is 0. The molecule has 3 atom stereocenters. The number of rotatable bonds is 5. The summed E-state index contributed by atoms with van der Waals surface area (Å²) in [5.74, 6) is 1.44. The van der Waals surface area contributed by atoms with Gasteiger partial charge in [-0.3, -0.25) is 4.90 Å². The first-order valence-corrected chi connectivity index (χ1v) is 7.09. The van der Waals surface area contributed by atoms with E-state index in [1.807, 2.05) is 0 Å². The molecule has 0 radical (unpaired) electrons. The average molecular weight is 247 g/mol. The van der Waals surface area contributed by atoms with Gasteiger partial charge in [-0.15, -0.1) is 0 Å². The monoisotopic (exact) mass is 247 g/mol. The van der Waals surface area contributed by atoms with Crippen LogP contribution >= 0.6 is 0 Å². The van der Waals surface area contributed by atoms with E-state index in [1.165, 1.54) is 6.42 Å². The Morgan fingerprint density at radius 1 is 1.28 bits per heavy atom. The van der Waals surface area contributed by atoms with Crippen LogP contribution in [0.3, 0.4) is 0 Å². The summed E-state index contributed by atoms with van der Waals surface area (Å²) in [4.78, 5) is 2.39. The van der Waals surface area contributed by atoms with Crippen molar-refractivity contribution in [3.63, 3.8) is 0 Å². The topological polar surface area (TPSA) is 50.8 Å². The molecule has 0 N–H and O–H groups in total. The Kier molecular flexibility index (Phi) is 6.16. The maximum Gasteiger partial charge on any atom is 0.0672 e. The van der Waals surface area contributed by atoms with Crippen LogP contribution in [0, 0.1) is 40.4 Å². The Morgan fingerprint density at radius 2 is 2.00 bits per heavy atom. The molecule has 0 spiro atoms. The fourth-order valence-corrected chi connectivity index (χ4v) is 2.96. The summed E-state index contributed by atoms with van der Waals surface area (Å²) in [5.41, 5.74) is 0. The molecule has 1 fully saturated rings. The first-order valence-electron chi connectivity index (χ1n) is 7.09. The van der Waals surface area contributed by atoms with Crippen molar-refractivity contribution in [2.24, 2.45) is 17.8 Å². The van der Waals surface area contributed by atoms with Gasteiger partial charge in [0.2, 0.25) is 0 Å². The smallest absolute Gasteiger partial charge is 0.0672 e. The van der Waals surface area contributed by atoms with Crippen LogP contribution in [0.15, 0.2) is 0 Å². The lowest BCUT2D eigenvalue weighted by molar-refractivity contribution is 0.0958. The molecule has 1 saturated carbocycles. The third-order valence-electron chi connectivity index (χ3n) is 3.82.